The van der Waals surface area contributed by atoms with Gasteiger partial charge in [0.25, 0.3) is 0 Å². The number of unbranched alkanes of at least 4 members (excludes halogenated alkanes) is 1. The van der Waals surface area contributed by atoms with Gasteiger partial charge >= 0.3 is 141 Å². The zero-order valence-corrected chi connectivity index (χ0v) is 18.2. The summed E-state index contributed by atoms with van der Waals surface area (Å²) < 4.78 is 2.73. The van der Waals surface area contributed by atoms with Crippen molar-refractivity contribution in [2.75, 3.05) is 12.3 Å². The molecule has 0 N–H and O–H groups in total. The molecular formula is C19H21Cl2PZr. The Bertz CT molecular complexity index is 663. The first-order valence-electron chi connectivity index (χ1n) is 8.08. The molecule has 1 aromatic rings. The Morgan fingerprint density at radius 2 is 2.04 bits per heavy atom. The van der Waals surface area contributed by atoms with Crippen LogP contribution < -0.4 is 24.8 Å². The molecule has 2 aliphatic carbocycles. The Labute approximate surface area is 165 Å². The van der Waals surface area contributed by atoms with Gasteiger partial charge in [0.1, 0.15) is 0 Å². The summed E-state index contributed by atoms with van der Waals surface area (Å²) in [5.74, 6) is 0. The van der Waals surface area contributed by atoms with Gasteiger partial charge in [0.2, 0.25) is 0 Å². The van der Waals surface area contributed by atoms with Crippen LogP contribution >= 0.6 is 7.92 Å². The third-order valence-electron chi connectivity index (χ3n) is 4.73. The summed E-state index contributed by atoms with van der Waals surface area (Å²) in [6, 6.07) is 9.02. The van der Waals surface area contributed by atoms with Crippen molar-refractivity contribution in [3.63, 3.8) is 0 Å². The fraction of sp³-hybridized carbons (Fsp3) is 0.368. The fourth-order valence-electron chi connectivity index (χ4n) is 3.57. The van der Waals surface area contributed by atoms with Gasteiger partial charge in [-0.2, -0.15) is 0 Å². The molecule has 0 aromatic heterocycles. The van der Waals surface area contributed by atoms with Crippen molar-refractivity contribution in [1.29, 1.82) is 0 Å². The standard InChI is InChI=1S/C10H14P.C9H7.2ClH.Zr/c1-2-3-7-11-8-9-5-4-6-10(9)11;1-2-5-9-7-3-6-8(9)4-1;;;/h5H,2-4,7-8H2,1H3;1-7H;2*1H;/q;;;;+2/p-2. The molecule has 0 nitrogen and oxygen atoms in total. The molecule has 3 aliphatic rings. The fourth-order valence-corrected chi connectivity index (χ4v) is 11.5. The largest absolute Gasteiger partial charge is 1.00 e. The maximum atomic E-state index is 2.56. The second-order valence-corrected chi connectivity index (χ2v) is 12.2. The topological polar surface area (TPSA) is 0 Å². The van der Waals surface area contributed by atoms with Crippen molar-refractivity contribution in [3.8, 4) is 0 Å². The van der Waals surface area contributed by atoms with Crippen LogP contribution in [0.5, 0.6) is 0 Å². The van der Waals surface area contributed by atoms with Gasteiger partial charge < -0.3 is 24.8 Å². The van der Waals surface area contributed by atoms with Crippen LogP contribution in [0.3, 0.4) is 0 Å². The van der Waals surface area contributed by atoms with E-state index < -0.39 is 23.2 Å². The third kappa shape index (κ3) is 3.79. The summed E-state index contributed by atoms with van der Waals surface area (Å²) in [6.07, 6.45) is 14.5. The Kier molecular flexibility index (Phi) is 7.37. The first-order valence-corrected chi connectivity index (χ1v) is 12.4. The molecule has 4 rings (SSSR count). The summed E-state index contributed by atoms with van der Waals surface area (Å²) in [5.41, 5.74) is 4.84. The van der Waals surface area contributed by atoms with E-state index in [-0.39, 0.29) is 32.7 Å². The Morgan fingerprint density at radius 1 is 1.22 bits per heavy atom. The van der Waals surface area contributed by atoms with Crippen molar-refractivity contribution < 1.29 is 48.0 Å². The Balaban J connectivity index is 0.000000960. The van der Waals surface area contributed by atoms with Crippen LogP contribution in [0.2, 0.25) is 0 Å². The van der Waals surface area contributed by atoms with Crippen LogP contribution in [0.25, 0.3) is 6.08 Å². The molecule has 1 fully saturated rings. The number of rotatable bonds is 5. The SMILES string of the molecule is CCCCP1CC2=CC[C]([Zr+2][CH]3C=Cc4ccccc43)=C21.[Cl-].[Cl-]. The van der Waals surface area contributed by atoms with Gasteiger partial charge in [-0.3, -0.25) is 0 Å². The molecule has 0 saturated carbocycles. The second kappa shape index (κ2) is 8.62. The quantitative estimate of drug-likeness (QED) is 0.549. The summed E-state index contributed by atoms with van der Waals surface area (Å²) in [5, 5.41) is 1.91. The van der Waals surface area contributed by atoms with E-state index in [1.54, 1.807) is 11.1 Å². The number of halogens is 2. The average molecular weight is 442 g/mol. The molecule has 2 atom stereocenters. The molecule has 0 radical (unpaired) electrons. The first kappa shape index (κ1) is 19.7. The van der Waals surface area contributed by atoms with Crippen LogP contribution in [0, 0.1) is 0 Å². The smallest absolute Gasteiger partial charge is 1.00 e. The van der Waals surface area contributed by atoms with Gasteiger partial charge in [-0.1, -0.05) is 0 Å². The van der Waals surface area contributed by atoms with E-state index in [0.717, 1.165) is 3.63 Å². The average Bonchev–Trinajstić information content (AvgIpc) is 3.02. The number of allylic oxidation sites excluding steroid dienone is 5. The van der Waals surface area contributed by atoms with Crippen molar-refractivity contribution >= 4 is 14.0 Å². The first-order chi connectivity index (χ1) is 10.4. The monoisotopic (exact) mass is 440 g/mol. The molecule has 1 heterocycles. The zero-order chi connectivity index (χ0) is 14.2. The van der Waals surface area contributed by atoms with Crippen molar-refractivity contribution in [2.45, 2.75) is 29.8 Å². The van der Waals surface area contributed by atoms with Gasteiger partial charge in [0.05, 0.1) is 0 Å². The van der Waals surface area contributed by atoms with Gasteiger partial charge in [-0.15, -0.1) is 0 Å². The molecule has 1 aromatic carbocycles. The van der Waals surface area contributed by atoms with E-state index in [1.807, 2.05) is 8.60 Å². The molecular weight excluding hydrogens is 421 g/mol. The molecule has 0 bridgehead atoms. The molecule has 120 valence electrons. The predicted octanol–water partition coefficient (Wildman–Crippen LogP) is -0.318. The summed E-state index contributed by atoms with van der Waals surface area (Å²) >= 11 is -0.491. The molecule has 1 aliphatic heterocycles. The van der Waals surface area contributed by atoms with Gasteiger partial charge in [-0.05, 0) is 0 Å². The van der Waals surface area contributed by atoms with E-state index in [9.17, 15) is 0 Å². The predicted molar refractivity (Wildman–Crippen MR) is 89.5 cm³/mol. The van der Waals surface area contributed by atoms with E-state index >= 15 is 0 Å². The van der Waals surface area contributed by atoms with Crippen LogP contribution in [0.4, 0.5) is 0 Å². The molecule has 4 heteroatoms. The maximum Gasteiger partial charge on any atom is -1.00 e. The third-order valence-corrected chi connectivity index (χ3v) is 12.0. The molecule has 0 amide bonds. The second-order valence-electron chi connectivity index (χ2n) is 6.15. The molecule has 2 unspecified atom stereocenters. The number of hydrogen-bond donors (Lipinski definition) is 0. The van der Waals surface area contributed by atoms with Crippen LogP contribution in [0.1, 0.15) is 40.9 Å². The van der Waals surface area contributed by atoms with Crippen LogP contribution in [-0.2, 0) is 23.2 Å². The minimum absolute atomic E-state index is 0. The van der Waals surface area contributed by atoms with Gasteiger partial charge in [0.15, 0.2) is 0 Å². The van der Waals surface area contributed by atoms with Crippen LogP contribution in [-0.4, -0.2) is 12.3 Å². The maximum absolute atomic E-state index is 2.56. The number of hydrogen-bond acceptors (Lipinski definition) is 0. The molecule has 23 heavy (non-hydrogen) atoms. The van der Waals surface area contributed by atoms with E-state index in [4.69, 9.17) is 0 Å². The van der Waals surface area contributed by atoms with Crippen molar-refractivity contribution in [2.24, 2.45) is 0 Å². The van der Waals surface area contributed by atoms with E-state index in [2.05, 4.69) is 49.4 Å². The Hall–Kier alpha value is 0.333. The minimum Gasteiger partial charge on any atom is -1.00 e. The number of fused-ring (bicyclic) bond motifs is 2. The van der Waals surface area contributed by atoms with Crippen molar-refractivity contribution in [3.05, 3.63) is 61.7 Å². The Morgan fingerprint density at radius 3 is 2.87 bits per heavy atom. The zero-order valence-electron chi connectivity index (χ0n) is 13.4. The summed E-state index contributed by atoms with van der Waals surface area (Å²) in [4.78, 5) is 0. The van der Waals surface area contributed by atoms with Gasteiger partial charge in [-0.25, -0.2) is 0 Å². The number of benzene rings is 1. The summed E-state index contributed by atoms with van der Waals surface area (Å²) in [7, 11) is 0.259. The van der Waals surface area contributed by atoms with Crippen LogP contribution in [0.15, 0.2) is 50.6 Å². The minimum atomic E-state index is -0.491. The molecule has 0 spiro atoms. The normalized spacial score (nSPS) is 23.1. The van der Waals surface area contributed by atoms with E-state index in [1.165, 1.54) is 37.1 Å². The van der Waals surface area contributed by atoms with Crippen molar-refractivity contribution in [1.82, 2.24) is 0 Å². The molecule has 1 saturated heterocycles. The summed E-state index contributed by atoms with van der Waals surface area (Å²) in [6.45, 7) is 2.33. The van der Waals surface area contributed by atoms with Gasteiger partial charge in [0, 0.05) is 0 Å². The van der Waals surface area contributed by atoms with E-state index in [0.29, 0.717) is 0 Å².